The number of ketones is 1. The normalized spacial score (nSPS) is 38.0. The molecule has 0 amide bonds. The molecule has 9 atom stereocenters. The van der Waals surface area contributed by atoms with E-state index in [-0.39, 0.29) is 41.6 Å². The SMILES string of the molecule is COc1ccc(CN(CC(O)CO)CC2(O)CCC3C45C=CC6(C=C4C(=O)c4ccccc4)CC(O)CCC6(C)C5CCC32C)c(OC)c1. The van der Waals surface area contributed by atoms with Gasteiger partial charge in [0.2, 0.25) is 0 Å². The Labute approximate surface area is 290 Å². The summed E-state index contributed by atoms with van der Waals surface area (Å²) >= 11 is 0. The molecular formula is C41H53NO7. The van der Waals surface area contributed by atoms with Crippen LogP contribution >= 0.6 is 0 Å². The summed E-state index contributed by atoms with van der Waals surface area (Å²) in [6.07, 6.45) is 10.9. The molecule has 6 aliphatic carbocycles. The van der Waals surface area contributed by atoms with Crippen LogP contribution in [0.15, 0.2) is 72.3 Å². The number of hydrogen-bond donors (Lipinski definition) is 4. The third kappa shape index (κ3) is 5.08. The second-order valence-corrected chi connectivity index (χ2v) is 16.2. The number of carbonyl (C=O) groups is 1. The Hall–Kier alpha value is -3.01. The highest BCUT2D eigenvalue weighted by molar-refractivity contribution is 6.10. The number of methoxy groups -OCH3 is 2. The molecule has 2 aromatic rings. The zero-order valence-corrected chi connectivity index (χ0v) is 29.4. The quantitative estimate of drug-likeness (QED) is 0.187. The fourth-order valence-electron chi connectivity index (χ4n) is 11.5. The minimum absolute atomic E-state index is 0.0148. The minimum atomic E-state index is -1.11. The van der Waals surface area contributed by atoms with Crippen LogP contribution in [0.3, 0.4) is 0 Å². The first kappa shape index (κ1) is 34.4. The van der Waals surface area contributed by atoms with Crippen molar-refractivity contribution in [2.24, 2.45) is 33.5 Å². The second kappa shape index (κ2) is 12.3. The van der Waals surface area contributed by atoms with E-state index in [0.29, 0.717) is 43.0 Å². The van der Waals surface area contributed by atoms with Crippen LogP contribution in [0, 0.1) is 33.5 Å². The molecule has 8 heteroatoms. The van der Waals surface area contributed by atoms with Gasteiger partial charge in [-0.1, -0.05) is 68.5 Å². The Balaban J connectivity index is 1.28. The number of hydrogen-bond acceptors (Lipinski definition) is 8. The van der Waals surface area contributed by atoms with Crippen molar-refractivity contribution in [1.29, 1.82) is 0 Å². The zero-order chi connectivity index (χ0) is 34.8. The summed E-state index contributed by atoms with van der Waals surface area (Å²) in [5, 5.41) is 44.5. The summed E-state index contributed by atoms with van der Waals surface area (Å²) in [5.41, 5.74) is -0.264. The van der Waals surface area contributed by atoms with E-state index in [0.717, 1.165) is 43.2 Å². The predicted octanol–water partition coefficient (Wildman–Crippen LogP) is 5.33. The first-order chi connectivity index (χ1) is 23.4. The molecule has 0 radical (unpaired) electrons. The number of rotatable bonds is 11. The molecular weight excluding hydrogens is 618 g/mol. The molecule has 49 heavy (non-hydrogen) atoms. The van der Waals surface area contributed by atoms with Crippen LogP contribution < -0.4 is 9.47 Å². The van der Waals surface area contributed by atoms with Gasteiger partial charge >= 0.3 is 0 Å². The zero-order valence-electron chi connectivity index (χ0n) is 29.4. The summed E-state index contributed by atoms with van der Waals surface area (Å²) < 4.78 is 11.1. The molecule has 6 aliphatic rings. The molecule has 3 fully saturated rings. The Bertz CT molecular complexity index is 1640. The van der Waals surface area contributed by atoms with Crippen LogP contribution in [0.1, 0.15) is 74.7 Å². The number of allylic oxidation sites excluding steroid dienone is 4. The van der Waals surface area contributed by atoms with E-state index in [2.05, 4.69) is 32.1 Å². The first-order valence-electron chi connectivity index (χ1n) is 18.0. The van der Waals surface area contributed by atoms with Crippen molar-refractivity contribution in [1.82, 2.24) is 4.90 Å². The van der Waals surface area contributed by atoms with Gasteiger partial charge in [-0.3, -0.25) is 9.69 Å². The maximum absolute atomic E-state index is 14.7. The number of ether oxygens (including phenoxy) is 2. The third-order valence-corrected chi connectivity index (χ3v) is 14.0. The van der Waals surface area contributed by atoms with Gasteiger partial charge in [0.15, 0.2) is 5.78 Å². The molecule has 0 aromatic heterocycles. The number of benzene rings is 2. The van der Waals surface area contributed by atoms with Crippen molar-refractivity contribution < 1.29 is 34.7 Å². The Morgan fingerprint density at radius 1 is 0.959 bits per heavy atom. The van der Waals surface area contributed by atoms with E-state index < -0.39 is 28.6 Å². The standard InChI is InChI=1S/C41H53NO7/c1-37-15-12-29(44)21-39(37)18-19-41(32(22-39)36(46)27-8-6-5-7-9-27)34(37)13-16-38(2)35(41)14-17-40(38,47)26-42(24-30(45)25-43)23-28-10-11-31(48-3)20-33(28)49-4/h5-11,18-20,22,29-30,34-35,43-45,47H,12-17,21,23-26H2,1-4H3. The largest absolute Gasteiger partial charge is 0.497 e. The smallest absolute Gasteiger partial charge is 0.189 e. The number of aliphatic hydroxyl groups is 4. The lowest BCUT2D eigenvalue weighted by atomic mass is 9.32. The molecule has 2 spiro atoms. The lowest BCUT2D eigenvalue weighted by molar-refractivity contribution is -0.177. The lowest BCUT2D eigenvalue weighted by Gasteiger charge is -2.71. The molecule has 264 valence electrons. The molecule has 4 N–H and O–H groups in total. The number of Topliss-reactive ketones (excluding diaryl/α,β-unsaturated/α-hetero) is 1. The van der Waals surface area contributed by atoms with Gasteiger partial charge in [-0.15, -0.1) is 0 Å². The second-order valence-electron chi connectivity index (χ2n) is 16.2. The van der Waals surface area contributed by atoms with Gasteiger partial charge in [0.1, 0.15) is 11.5 Å². The van der Waals surface area contributed by atoms with E-state index in [9.17, 15) is 25.2 Å². The Kier molecular flexibility index (Phi) is 8.67. The van der Waals surface area contributed by atoms with Crippen LogP contribution in [0.5, 0.6) is 11.5 Å². The van der Waals surface area contributed by atoms with Crippen molar-refractivity contribution in [3.05, 3.63) is 83.5 Å². The fraction of sp³-hybridized carbons (Fsp3) is 0.585. The maximum atomic E-state index is 14.7. The highest BCUT2D eigenvalue weighted by Gasteiger charge is 2.74. The molecule has 3 saturated carbocycles. The lowest BCUT2D eigenvalue weighted by Crippen LogP contribution is -2.67. The van der Waals surface area contributed by atoms with Crippen molar-refractivity contribution in [2.75, 3.05) is 33.9 Å². The number of nitrogens with zero attached hydrogens (tertiary/aromatic N) is 1. The number of carbonyl (C=O) groups excluding carboxylic acids is 1. The van der Waals surface area contributed by atoms with Gasteiger partial charge in [-0.2, -0.15) is 0 Å². The summed E-state index contributed by atoms with van der Waals surface area (Å²) in [5.74, 6) is 1.61. The van der Waals surface area contributed by atoms with Crippen molar-refractivity contribution in [3.63, 3.8) is 0 Å². The highest BCUT2D eigenvalue weighted by atomic mass is 16.5. The maximum Gasteiger partial charge on any atom is 0.189 e. The number of fused-ring (bicyclic) bond motifs is 1. The van der Waals surface area contributed by atoms with Crippen LogP contribution in [0.4, 0.5) is 0 Å². The molecule has 0 saturated heterocycles. The molecule has 2 bridgehead atoms. The minimum Gasteiger partial charge on any atom is -0.497 e. The Morgan fingerprint density at radius 2 is 1.67 bits per heavy atom. The summed E-state index contributed by atoms with van der Waals surface area (Å²) in [6.45, 7) is 5.13. The van der Waals surface area contributed by atoms with Crippen molar-refractivity contribution in [2.45, 2.75) is 83.1 Å². The van der Waals surface area contributed by atoms with E-state index in [1.165, 1.54) is 0 Å². The van der Waals surface area contributed by atoms with Gasteiger partial charge in [0.05, 0.1) is 38.6 Å². The topological polar surface area (TPSA) is 120 Å². The average Bonchev–Trinajstić information content (AvgIpc) is 3.37. The summed E-state index contributed by atoms with van der Waals surface area (Å²) in [6, 6.07) is 15.2. The van der Waals surface area contributed by atoms with Gasteiger partial charge in [0, 0.05) is 58.6 Å². The summed E-state index contributed by atoms with van der Waals surface area (Å²) in [4.78, 5) is 16.7. The molecule has 8 rings (SSSR count). The van der Waals surface area contributed by atoms with Crippen LogP contribution in [0.2, 0.25) is 0 Å². The number of aliphatic hydroxyl groups excluding tert-OH is 3. The van der Waals surface area contributed by atoms with Crippen LogP contribution in [-0.4, -0.2) is 82.8 Å². The van der Waals surface area contributed by atoms with E-state index in [1.54, 1.807) is 14.2 Å². The van der Waals surface area contributed by atoms with Gasteiger partial charge < -0.3 is 29.9 Å². The van der Waals surface area contributed by atoms with E-state index in [4.69, 9.17) is 9.47 Å². The molecule has 0 heterocycles. The van der Waals surface area contributed by atoms with Crippen LogP contribution in [-0.2, 0) is 6.54 Å². The fourth-order valence-corrected chi connectivity index (χ4v) is 11.5. The van der Waals surface area contributed by atoms with Crippen LogP contribution in [0.25, 0.3) is 0 Å². The monoisotopic (exact) mass is 671 g/mol. The van der Waals surface area contributed by atoms with Crippen molar-refractivity contribution >= 4 is 5.78 Å². The van der Waals surface area contributed by atoms with E-state index in [1.807, 2.05) is 53.4 Å². The first-order valence-corrected chi connectivity index (χ1v) is 18.0. The summed E-state index contributed by atoms with van der Waals surface area (Å²) in [7, 11) is 3.23. The molecule has 2 aromatic carbocycles. The van der Waals surface area contributed by atoms with Gasteiger partial charge in [-0.25, -0.2) is 0 Å². The molecule has 0 aliphatic heterocycles. The average molecular weight is 672 g/mol. The third-order valence-electron chi connectivity index (χ3n) is 14.0. The highest BCUT2D eigenvalue weighted by Crippen LogP contribution is 2.78. The van der Waals surface area contributed by atoms with E-state index >= 15 is 0 Å². The predicted molar refractivity (Wildman–Crippen MR) is 187 cm³/mol. The van der Waals surface area contributed by atoms with Gasteiger partial charge in [0.25, 0.3) is 0 Å². The van der Waals surface area contributed by atoms with Crippen molar-refractivity contribution in [3.8, 4) is 11.5 Å². The molecule has 8 nitrogen and oxygen atoms in total. The Morgan fingerprint density at radius 3 is 2.39 bits per heavy atom. The molecule has 9 unspecified atom stereocenters. The van der Waals surface area contributed by atoms with Gasteiger partial charge in [-0.05, 0) is 68.3 Å².